The van der Waals surface area contributed by atoms with Gasteiger partial charge in [0.2, 0.25) is 0 Å². The highest BCUT2D eigenvalue weighted by atomic mass is 16.5. The molecule has 0 aliphatic rings. The standard InChI is InChI=1S/C18H24N4O2/c1-13(2)8-9-19-17-10-16(21-12-22-17)18(23)20-11-14-4-6-15(24-3)7-5-14/h4-7,10,12-13H,8-9,11H2,1-3H3,(H,20,23)(H,19,21,22). The molecule has 0 unspecified atom stereocenters. The zero-order valence-electron chi connectivity index (χ0n) is 14.4. The number of ether oxygens (including phenoxy) is 1. The summed E-state index contributed by atoms with van der Waals surface area (Å²) < 4.78 is 5.11. The molecule has 0 saturated carbocycles. The molecular formula is C18H24N4O2. The first-order valence-corrected chi connectivity index (χ1v) is 8.05. The molecule has 0 spiro atoms. The summed E-state index contributed by atoms with van der Waals surface area (Å²) in [4.78, 5) is 20.4. The zero-order valence-corrected chi connectivity index (χ0v) is 14.4. The summed E-state index contributed by atoms with van der Waals surface area (Å²) in [5.74, 6) is 1.85. The Morgan fingerprint density at radius 3 is 2.62 bits per heavy atom. The van der Waals surface area contributed by atoms with Crippen LogP contribution >= 0.6 is 0 Å². The van der Waals surface area contributed by atoms with E-state index in [1.54, 1.807) is 13.2 Å². The predicted octanol–water partition coefficient (Wildman–Crippen LogP) is 2.87. The first-order chi connectivity index (χ1) is 11.6. The number of rotatable bonds is 8. The fourth-order valence-corrected chi connectivity index (χ4v) is 2.08. The first kappa shape index (κ1) is 17.7. The molecule has 0 aliphatic heterocycles. The molecule has 6 heteroatoms. The number of nitrogens with one attached hydrogen (secondary N) is 2. The van der Waals surface area contributed by atoms with Crippen LogP contribution < -0.4 is 15.4 Å². The van der Waals surface area contributed by atoms with Crippen LogP contribution in [0.25, 0.3) is 0 Å². The van der Waals surface area contributed by atoms with Gasteiger partial charge in [-0.2, -0.15) is 0 Å². The summed E-state index contributed by atoms with van der Waals surface area (Å²) in [6, 6.07) is 9.23. The van der Waals surface area contributed by atoms with Crippen molar-refractivity contribution < 1.29 is 9.53 Å². The Hall–Kier alpha value is -2.63. The first-order valence-electron chi connectivity index (χ1n) is 8.05. The van der Waals surface area contributed by atoms with Crippen LogP contribution in [0.2, 0.25) is 0 Å². The number of benzene rings is 1. The van der Waals surface area contributed by atoms with Crippen LogP contribution in [-0.2, 0) is 6.54 Å². The molecule has 2 rings (SSSR count). The summed E-state index contributed by atoms with van der Waals surface area (Å²) in [5.41, 5.74) is 1.35. The number of amides is 1. The Labute approximate surface area is 142 Å². The predicted molar refractivity (Wildman–Crippen MR) is 94.1 cm³/mol. The van der Waals surface area contributed by atoms with Crippen LogP contribution in [0.4, 0.5) is 5.82 Å². The molecule has 24 heavy (non-hydrogen) atoms. The lowest BCUT2D eigenvalue weighted by atomic mass is 10.1. The maximum atomic E-state index is 12.2. The molecule has 1 amide bonds. The van der Waals surface area contributed by atoms with E-state index in [1.165, 1.54) is 6.33 Å². The molecule has 0 saturated heterocycles. The third kappa shape index (κ3) is 5.53. The Morgan fingerprint density at radius 1 is 1.21 bits per heavy atom. The number of anilines is 1. The number of carbonyl (C=O) groups is 1. The average molecular weight is 328 g/mol. The summed E-state index contributed by atoms with van der Waals surface area (Å²) in [6.07, 6.45) is 2.45. The van der Waals surface area contributed by atoms with Gasteiger partial charge in [-0.15, -0.1) is 0 Å². The van der Waals surface area contributed by atoms with Gasteiger partial charge in [0.25, 0.3) is 5.91 Å². The van der Waals surface area contributed by atoms with E-state index in [2.05, 4.69) is 34.4 Å². The van der Waals surface area contributed by atoms with Gasteiger partial charge >= 0.3 is 0 Å². The third-order valence-electron chi connectivity index (χ3n) is 3.54. The highest BCUT2D eigenvalue weighted by molar-refractivity contribution is 5.92. The van der Waals surface area contributed by atoms with E-state index in [-0.39, 0.29) is 5.91 Å². The topological polar surface area (TPSA) is 76.1 Å². The number of methoxy groups -OCH3 is 1. The fourth-order valence-electron chi connectivity index (χ4n) is 2.08. The maximum absolute atomic E-state index is 12.2. The molecule has 0 bridgehead atoms. The van der Waals surface area contributed by atoms with Crippen molar-refractivity contribution in [3.05, 3.63) is 47.9 Å². The van der Waals surface area contributed by atoms with E-state index >= 15 is 0 Å². The molecule has 1 aromatic heterocycles. The third-order valence-corrected chi connectivity index (χ3v) is 3.54. The minimum atomic E-state index is -0.222. The Balaban J connectivity index is 1.89. The molecule has 0 radical (unpaired) electrons. The molecule has 1 aromatic carbocycles. The number of hydrogen-bond acceptors (Lipinski definition) is 5. The normalized spacial score (nSPS) is 10.5. The van der Waals surface area contributed by atoms with Crippen LogP contribution in [0.15, 0.2) is 36.7 Å². The van der Waals surface area contributed by atoms with Gasteiger partial charge in [-0.05, 0) is 30.0 Å². The SMILES string of the molecule is COc1ccc(CNC(=O)c2cc(NCCC(C)C)ncn2)cc1. The lowest BCUT2D eigenvalue weighted by molar-refractivity contribution is 0.0946. The van der Waals surface area contributed by atoms with Crippen molar-refractivity contribution in [2.75, 3.05) is 19.0 Å². The number of carbonyl (C=O) groups excluding carboxylic acids is 1. The summed E-state index contributed by atoms with van der Waals surface area (Å²) in [5, 5.41) is 6.07. The quantitative estimate of drug-likeness (QED) is 0.779. The lowest BCUT2D eigenvalue weighted by Crippen LogP contribution is -2.24. The minimum Gasteiger partial charge on any atom is -0.497 e. The molecule has 2 aromatic rings. The Bertz CT molecular complexity index is 656. The molecule has 1 heterocycles. The highest BCUT2D eigenvalue weighted by Crippen LogP contribution is 2.11. The second kappa shape index (κ2) is 8.86. The molecule has 0 atom stereocenters. The number of aromatic nitrogens is 2. The van der Waals surface area contributed by atoms with Crippen LogP contribution in [-0.4, -0.2) is 29.5 Å². The Kier molecular flexibility index (Phi) is 6.54. The van der Waals surface area contributed by atoms with Crippen molar-refractivity contribution in [1.29, 1.82) is 0 Å². The number of hydrogen-bond donors (Lipinski definition) is 2. The molecular weight excluding hydrogens is 304 g/mol. The van der Waals surface area contributed by atoms with Crippen molar-refractivity contribution in [2.24, 2.45) is 5.92 Å². The van der Waals surface area contributed by atoms with Gasteiger partial charge in [-0.25, -0.2) is 9.97 Å². The van der Waals surface area contributed by atoms with Gasteiger partial charge in [0.15, 0.2) is 0 Å². The summed E-state index contributed by atoms with van der Waals surface area (Å²) in [6.45, 7) is 5.59. The van der Waals surface area contributed by atoms with Gasteiger partial charge in [-0.1, -0.05) is 26.0 Å². The van der Waals surface area contributed by atoms with E-state index in [0.29, 0.717) is 24.0 Å². The van der Waals surface area contributed by atoms with Crippen molar-refractivity contribution in [3.63, 3.8) is 0 Å². The van der Waals surface area contributed by atoms with Gasteiger partial charge < -0.3 is 15.4 Å². The van der Waals surface area contributed by atoms with Gasteiger partial charge in [0.1, 0.15) is 23.6 Å². The highest BCUT2D eigenvalue weighted by Gasteiger charge is 2.08. The van der Waals surface area contributed by atoms with Crippen LogP contribution in [0.5, 0.6) is 5.75 Å². The van der Waals surface area contributed by atoms with Gasteiger partial charge in [0.05, 0.1) is 7.11 Å². The molecule has 0 aliphatic carbocycles. The van der Waals surface area contributed by atoms with E-state index in [9.17, 15) is 4.79 Å². The molecule has 6 nitrogen and oxygen atoms in total. The van der Waals surface area contributed by atoms with E-state index < -0.39 is 0 Å². The monoisotopic (exact) mass is 328 g/mol. The summed E-state index contributed by atoms with van der Waals surface area (Å²) in [7, 11) is 1.62. The zero-order chi connectivity index (χ0) is 17.4. The van der Waals surface area contributed by atoms with Gasteiger partial charge in [-0.3, -0.25) is 4.79 Å². The summed E-state index contributed by atoms with van der Waals surface area (Å²) >= 11 is 0. The smallest absolute Gasteiger partial charge is 0.270 e. The van der Waals surface area contributed by atoms with E-state index in [0.717, 1.165) is 24.3 Å². The van der Waals surface area contributed by atoms with Crippen molar-refractivity contribution in [1.82, 2.24) is 15.3 Å². The largest absolute Gasteiger partial charge is 0.497 e. The van der Waals surface area contributed by atoms with Crippen LogP contribution in [0.3, 0.4) is 0 Å². The van der Waals surface area contributed by atoms with E-state index in [1.807, 2.05) is 24.3 Å². The second-order valence-electron chi connectivity index (χ2n) is 5.93. The molecule has 128 valence electrons. The van der Waals surface area contributed by atoms with Gasteiger partial charge in [0, 0.05) is 19.2 Å². The van der Waals surface area contributed by atoms with Crippen molar-refractivity contribution in [2.45, 2.75) is 26.8 Å². The van der Waals surface area contributed by atoms with Crippen LogP contribution in [0.1, 0.15) is 36.3 Å². The fraction of sp³-hybridized carbons (Fsp3) is 0.389. The second-order valence-corrected chi connectivity index (χ2v) is 5.93. The molecule has 0 fully saturated rings. The number of nitrogens with zero attached hydrogens (tertiary/aromatic N) is 2. The van der Waals surface area contributed by atoms with E-state index in [4.69, 9.17) is 4.74 Å². The maximum Gasteiger partial charge on any atom is 0.270 e. The average Bonchev–Trinajstić information content (AvgIpc) is 2.60. The van der Waals surface area contributed by atoms with Crippen LogP contribution in [0, 0.1) is 5.92 Å². The van der Waals surface area contributed by atoms with Crippen molar-refractivity contribution >= 4 is 11.7 Å². The molecule has 2 N–H and O–H groups in total. The Morgan fingerprint density at radius 2 is 1.96 bits per heavy atom. The van der Waals surface area contributed by atoms with Crippen molar-refractivity contribution in [3.8, 4) is 5.75 Å². The lowest BCUT2D eigenvalue weighted by Gasteiger charge is -2.09. The minimum absolute atomic E-state index is 0.222.